The average molecular weight is 473 g/mol. The van der Waals surface area contributed by atoms with E-state index >= 15 is 0 Å². The number of nitrogens with zero attached hydrogens (tertiary/aromatic N) is 3. The third kappa shape index (κ3) is 6.12. The summed E-state index contributed by atoms with van der Waals surface area (Å²) in [6.07, 6.45) is 3.07. The molecule has 9 heteroatoms. The molecule has 0 bridgehead atoms. The molecule has 1 aliphatic rings. The van der Waals surface area contributed by atoms with Crippen molar-refractivity contribution in [3.8, 4) is 0 Å². The standard InChI is InChI=1S/C25H40BN3O5/c1-23(2,3)32-22(30)28(16-11-17-31-8)14-10-15-29-18-27-20-13-9-12-19(21(20)29)26-33-24(4,5)25(6,7)34-26/h9,12-13,18H,10-11,14-17H2,1-8H3. The van der Waals surface area contributed by atoms with Gasteiger partial charge in [0.2, 0.25) is 0 Å². The highest BCUT2D eigenvalue weighted by Gasteiger charge is 2.52. The summed E-state index contributed by atoms with van der Waals surface area (Å²) in [7, 11) is 1.20. The second-order valence-corrected chi connectivity index (χ2v) is 10.9. The lowest BCUT2D eigenvalue weighted by Gasteiger charge is -2.32. The minimum absolute atomic E-state index is 0.294. The molecule has 1 aliphatic heterocycles. The minimum atomic E-state index is -0.533. The van der Waals surface area contributed by atoms with Crippen molar-refractivity contribution in [2.45, 2.75) is 84.7 Å². The van der Waals surface area contributed by atoms with Gasteiger partial charge in [-0.2, -0.15) is 0 Å². The van der Waals surface area contributed by atoms with Crippen LogP contribution in [0.5, 0.6) is 0 Å². The quantitative estimate of drug-likeness (QED) is 0.405. The number of hydrogen-bond donors (Lipinski definition) is 0. The maximum Gasteiger partial charge on any atom is 0.497 e. The topological polar surface area (TPSA) is 75.0 Å². The number of ether oxygens (including phenoxy) is 2. The summed E-state index contributed by atoms with van der Waals surface area (Å²) in [6, 6.07) is 6.03. The van der Waals surface area contributed by atoms with Crippen LogP contribution >= 0.6 is 0 Å². The first-order valence-corrected chi connectivity index (χ1v) is 12.1. The molecule has 2 heterocycles. The van der Waals surface area contributed by atoms with Gasteiger partial charge in [-0.3, -0.25) is 0 Å². The molecule has 188 valence electrons. The van der Waals surface area contributed by atoms with E-state index in [2.05, 4.69) is 37.2 Å². The molecule has 0 spiro atoms. The minimum Gasteiger partial charge on any atom is -0.444 e. The van der Waals surface area contributed by atoms with Crippen LogP contribution < -0.4 is 5.46 Å². The second kappa shape index (κ2) is 10.3. The number of benzene rings is 1. The van der Waals surface area contributed by atoms with Crippen LogP contribution in [-0.2, 0) is 25.3 Å². The van der Waals surface area contributed by atoms with E-state index in [9.17, 15) is 4.79 Å². The summed E-state index contributed by atoms with van der Waals surface area (Å²) in [4.78, 5) is 19.1. The lowest BCUT2D eigenvalue weighted by molar-refractivity contribution is 0.00578. The molecule has 3 rings (SSSR count). The smallest absolute Gasteiger partial charge is 0.444 e. The van der Waals surface area contributed by atoms with Gasteiger partial charge in [0, 0.05) is 38.8 Å². The van der Waals surface area contributed by atoms with Gasteiger partial charge >= 0.3 is 13.2 Å². The number of aromatic nitrogens is 2. The zero-order chi connectivity index (χ0) is 25.1. The number of amides is 1. The summed E-state index contributed by atoms with van der Waals surface area (Å²) in [6.45, 7) is 16.3. The van der Waals surface area contributed by atoms with Crippen molar-refractivity contribution in [1.82, 2.24) is 14.5 Å². The van der Waals surface area contributed by atoms with E-state index in [1.807, 2.05) is 45.3 Å². The number of carbonyl (C=O) groups excluding carboxylic acids is 1. The number of hydrogen-bond acceptors (Lipinski definition) is 6. The summed E-state index contributed by atoms with van der Waals surface area (Å²) >= 11 is 0. The first kappa shape index (κ1) is 26.5. The van der Waals surface area contributed by atoms with Crippen molar-refractivity contribution in [1.29, 1.82) is 0 Å². The second-order valence-electron chi connectivity index (χ2n) is 10.9. The zero-order valence-electron chi connectivity index (χ0n) is 22.0. The fourth-order valence-electron chi connectivity index (χ4n) is 3.94. The maximum absolute atomic E-state index is 12.7. The Morgan fingerprint density at radius 3 is 2.38 bits per heavy atom. The van der Waals surface area contributed by atoms with Crippen molar-refractivity contribution >= 4 is 29.7 Å². The lowest BCUT2D eigenvalue weighted by atomic mass is 9.78. The molecule has 1 fully saturated rings. The van der Waals surface area contributed by atoms with Crippen LogP contribution in [0, 0.1) is 0 Å². The maximum atomic E-state index is 12.7. The van der Waals surface area contributed by atoms with E-state index in [0.29, 0.717) is 26.2 Å². The molecular weight excluding hydrogens is 433 g/mol. The Morgan fingerprint density at radius 1 is 1.12 bits per heavy atom. The van der Waals surface area contributed by atoms with Gasteiger partial charge in [0.15, 0.2) is 0 Å². The summed E-state index contributed by atoms with van der Waals surface area (Å²) < 4.78 is 25.5. The van der Waals surface area contributed by atoms with E-state index in [0.717, 1.165) is 29.3 Å². The molecule has 0 radical (unpaired) electrons. The Morgan fingerprint density at radius 2 is 1.76 bits per heavy atom. The number of aryl methyl sites for hydroxylation is 1. The highest BCUT2D eigenvalue weighted by molar-refractivity contribution is 6.64. The van der Waals surface area contributed by atoms with E-state index in [1.165, 1.54) is 0 Å². The molecule has 1 amide bonds. The Kier molecular flexibility index (Phi) is 8.00. The van der Waals surface area contributed by atoms with Gasteiger partial charge in [-0.25, -0.2) is 9.78 Å². The van der Waals surface area contributed by atoms with Gasteiger partial charge in [0.25, 0.3) is 0 Å². The molecular formula is C25H40BN3O5. The molecule has 2 aromatic rings. The molecule has 0 atom stereocenters. The van der Waals surface area contributed by atoms with Crippen LogP contribution in [0.4, 0.5) is 4.79 Å². The fourth-order valence-corrected chi connectivity index (χ4v) is 3.94. The summed E-state index contributed by atoms with van der Waals surface area (Å²) in [5.41, 5.74) is 1.51. The molecule has 1 aromatic carbocycles. The van der Waals surface area contributed by atoms with E-state index < -0.39 is 23.9 Å². The fraction of sp³-hybridized carbons (Fsp3) is 0.680. The summed E-state index contributed by atoms with van der Waals surface area (Å²) in [5.74, 6) is 0. The Balaban J connectivity index is 1.74. The average Bonchev–Trinajstić information content (AvgIpc) is 3.22. The van der Waals surface area contributed by atoms with Gasteiger partial charge in [0.05, 0.1) is 28.6 Å². The SMILES string of the molecule is COCCCN(CCCn1cnc2cccc(B3OC(C)(C)C(C)(C)O3)c21)C(=O)OC(C)(C)C. The molecule has 34 heavy (non-hydrogen) atoms. The van der Waals surface area contributed by atoms with E-state index in [1.54, 1.807) is 12.0 Å². The van der Waals surface area contributed by atoms with Crippen molar-refractivity contribution in [2.75, 3.05) is 26.8 Å². The molecule has 0 aliphatic carbocycles. The molecule has 8 nitrogen and oxygen atoms in total. The van der Waals surface area contributed by atoms with Crippen LogP contribution in [-0.4, -0.2) is 71.3 Å². The molecule has 0 N–H and O–H groups in total. The van der Waals surface area contributed by atoms with Gasteiger partial charge in [-0.15, -0.1) is 0 Å². The Labute approximate surface area is 204 Å². The number of carbonyl (C=O) groups is 1. The Bertz CT molecular complexity index is 967. The van der Waals surface area contributed by atoms with Crippen molar-refractivity contribution in [2.24, 2.45) is 0 Å². The monoisotopic (exact) mass is 473 g/mol. The molecule has 0 saturated carbocycles. The lowest BCUT2D eigenvalue weighted by Crippen LogP contribution is -2.41. The number of para-hydroxylation sites is 1. The highest BCUT2D eigenvalue weighted by Crippen LogP contribution is 2.37. The van der Waals surface area contributed by atoms with Crippen molar-refractivity contribution in [3.05, 3.63) is 24.5 Å². The number of methoxy groups -OCH3 is 1. The first-order valence-electron chi connectivity index (χ1n) is 12.1. The first-order chi connectivity index (χ1) is 15.8. The number of imidazole rings is 1. The summed E-state index contributed by atoms with van der Waals surface area (Å²) in [5, 5.41) is 0. The van der Waals surface area contributed by atoms with Crippen molar-refractivity contribution in [3.63, 3.8) is 0 Å². The third-order valence-corrected chi connectivity index (χ3v) is 6.43. The molecule has 1 saturated heterocycles. The predicted octanol–water partition coefficient (Wildman–Crippen LogP) is 4.00. The normalized spacial score (nSPS) is 17.4. The zero-order valence-corrected chi connectivity index (χ0v) is 22.0. The number of fused-ring (bicyclic) bond motifs is 1. The van der Waals surface area contributed by atoms with E-state index in [4.69, 9.17) is 18.8 Å². The van der Waals surface area contributed by atoms with Crippen LogP contribution in [0.2, 0.25) is 0 Å². The van der Waals surface area contributed by atoms with Gasteiger partial charge in [-0.05, 0) is 67.4 Å². The Hall–Kier alpha value is -2.10. The predicted molar refractivity (Wildman–Crippen MR) is 134 cm³/mol. The molecule has 0 unspecified atom stereocenters. The van der Waals surface area contributed by atoms with E-state index in [-0.39, 0.29) is 6.09 Å². The number of rotatable bonds is 9. The van der Waals surface area contributed by atoms with Crippen LogP contribution in [0.1, 0.15) is 61.3 Å². The third-order valence-electron chi connectivity index (χ3n) is 6.43. The van der Waals surface area contributed by atoms with Crippen LogP contribution in [0.15, 0.2) is 24.5 Å². The molecule has 1 aromatic heterocycles. The highest BCUT2D eigenvalue weighted by atomic mass is 16.7. The van der Waals surface area contributed by atoms with Gasteiger partial charge in [-0.1, -0.05) is 12.1 Å². The largest absolute Gasteiger partial charge is 0.497 e. The van der Waals surface area contributed by atoms with Crippen molar-refractivity contribution < 1.29 is 23.6 Å². The van der Waals surface area contributed by atoms with Gasteiger partial charge < -0.3 is 28.2 Å². The van der Waals surface area contributed by atoms with Crippen LogP contribution in [0.25, 0.3) is 11.0 Å². The van der Waals surface area contributed by atoms with Gasteiger partial charge in [0.1, 0.15) is 5.60 Å². The van der Waals surface area contributed by atoms with Crippen LogP contribution in [0.3, 0.4) is 0 Å².